The van der Waals surface area contributed by atoms with Crippen LogP contribution in [0.25, 0.3) is 0 Å². The van der Waals surface area contributed by atoms with Crippen molar-refractivity contribution in [2.24, 2.45) is 0 Å². The molecule has 0 radical (unpaired) electrons. The second kappa shape index (κ2) is 5.76. The van der Waals surface area contributed by atoms with Gasteiger partial charge in [-0.15, -0.1) is 0 Å². The van der Waals surface area contributed by atoms with Crippen LogP contribution in [0.3, 0.4) is 0 Å². The molecule has 1 aromatic rings. The summed E-state index contributed by atoms with van der Waals surface area (Å²) in [5.74, 6) is -3.63. The molecule has 2 aliphatic rings. The lowest BCUT2D eigenvalue weighted by atomic mass is 10.0. The number of hydrogen-bond acceptors (Lipinski definition) is 5. The van der Waals surface area contributed by atoms with E-state index in [4.69, 9.17) is 0 Å². The summed E-state index contributed by atoms with van der Waals surface area (Å²) in [5, 5.41) is 0. The van der Waals surface area contributed by atoms with E-state index in [2.05, 4.69) is 4.98 Å². The van der Waals surface area contributed by atoms with Gasteiger partial charge in [0.2, 0.25) is 5.91 Å². The van der Waals surface area contributed by atoms with Gasteiger partial charge in [0.05, 0.1) is 29.8 Å². The smallest absolute Gasteiger partial charge is 0.275 e. The average Bonchev–Trinajstić information content (AvgIpc) is 2.79. The summed E-state index contributed by atoms with van der Waals surface area (Å²) >= 11 is 0. The third-order valence-corrected chi connectivity index (χ3v) is 6.05. The zero-order chi connectivity index (χ0) is 17.6. The molecule has 0 aliphatic carbocycles. The molecule has 10 heteroatoms. The molecule has 2 saturated heterocycles. The van der Waals surface area contributed by atoms with Crippen LogP contribution >= 0.6 is 0 Å². The first kappa shape index (κ1) is 16.7. The lowest BCUT2D eigenvalue weighted by Crippen LogP contribution is -2.61. The summed E-state index contributed by atoms with van der Waals surface area (Å²) in [6.45, 7) is 1.55. The Labute approximate surface area is 137 Å². The maximum atomic E-state index is 13.8. The lowest BCUT2D eigenvalue weighted by Gasteiger charge is -2.43. The molecule has 3 heterocycles. The van der Waals surface area contributed by atoms with Gasteiger partial charge in [-0.3, -0.25) is 9.59 Å². The van der Waals surface area contributed by atoms with Crippen LogP contribution in [0.1, 0.15) is 17.4 Å². The van der Waals surface area contributed by atoms with Gasteiger partial charge in [-0.2, -0.15) is 0 Å². The standard InChI is InChI=1S/C14H15F2N3O4S/c1-8(20)18-2-3-19(12-7-24(22,23)6-11(12)18)14(21)13-10(16)4-9(15)5-17-13/h4-5,11-12H,2-3,6-7H2,1H3/t11-,12+/m1/s1. The van der Waals surface area contributed by atoms with Crippen LogP contribution < -0.4 is 0 Å². The number of nitrogens with zero attached hydrogens (tertiary/aromatic N) is 3. The Bertz CT molecular complexity index is 814. The van der Waals surface area contributed by atoms with Crippen molar-refractivity contribution in [3.8, 4) is 0 Å². The van der Waals surface area contributed by atoms with Crippen molar-refractivity contribution in [1.82, 2.24) is 14.8 Å². The summed E-state index contributed by atoms with van der Waals surface area (Å²) in [6.07, 6.45) is 0.727. The number of pyridine rings is 1. The fourth-order valence-corrected chi connectivity index (χ4v) is 5.29. The number of carbonyl (C=O) groups excluding carboxylic acids is 2. The molecule has 0 spiro atoms. The Morgan fingerprint density at radius 1 is 1.17 bits per heavy atom. The molecular formula is C14H15F2N3O4S. The monoisotopic (exact) mass is 359 g/mol. The van der Waals surface area contributed by atoms with E-state index in [0.29, 0.717) is 6.07 Å². The van der Waals surface area contributed by atoms with Crippen molar-refractivity contribution < 1.29 is 26.8 Å². The van der Waals surface area contributed by atoms with Crippen molar-refractivity contribution in [2.45, 2.75) is 19.0 Å². The predicted molar refractivity (Wildman–Crippen MR) is 78.8 cm³/mol. The first-order valence-corrected chi connectivity index (χ1v) is 9.11. The van der Waals surface area contributed by atoms with Crippen molar-refractivity contribution >= 4 is 21.7 Å². The molecule has 0 unspecified atom stereocenters. The number of piperazine rings is 1. The minimum atomic E-state index is -3.42. The third kappa shape index (κ3) is 2.85. The molecule has 1 aromatic heterocycles. The van der Waals surface area contributed by atoms with Crippen LogP contribution in [0.15, 0.2) is 12.3 Å². The van der Waals surface area contributed by atoms with Gasteiger partial charge in [0.15, 0.2) is 21.3 Å². The van der Waals surface area contributed by atoms with Gasteiger partial charge in [-0.05, 0) is 0 Å². The van der Waals surface area contributed by atoms with Gasteiger partial charge in [0.25, 0.3) is 5.91 Å². The van der Waals surface area contributed by atoms with E-state index in [9.17, 15) is 26.8 Å². The van der Waals surface area contributed by atoms with Crippen LogP contribution in [-0.4, -0.2) is 71.7 Å². The molecule has 2 aliphatic heterocycles. The van der Waals surface area contributed by atoms with E-state index >= 15 is 0 Å². The second-order valence-corrected chi connectivity index (χ2v) is 8.06. The number of halogens is 2. The normalized spacial score (nSPS) is 25.5. The summed E-state index contributed by atoms with van der Waals surface area (Å²) in [4.78, 5) is 30.4. The molecule has 2 fully saturated rings. The average molecular weight is 359 g/mol. The molecule has 3 rings (SSSR count). The van der Waals surface area contributed by atoms with E-state index in [0.717, 1.165) is 6.20 Å². The van der Waals surface area contributed by atoms with Crippen molar-refractivity contribution in [1.29, 1.82) is 0 Å². The molecule has 0 saturated carbocycles. The highest BCUT2D eigenvalue weighted by atomic mass is 32.2. The predicted octanol–water partition coefficient (Wildman–Crippen LogP) is -0.170. The van der Waals surface area contributed by atoms with Crippen molar-refractivity contribution in [2.75, 3.05) is 24.6 Å². The summed E-state index contributed by atoms with van der Waals surface area (Å²) in [6, 6.07) is -0.866. The number of carbonyl (C=O) groups is 2. The van der Waals surface area contributed by atoms with Crippen LogP contribution in [-0.2, 0) is 14.6 Å². The van der Waals surface area contributed by atoms with E-state index < -0.39 is 45.2 Å². The number of fused-ring (bicyclic) bond motifs is 1. The Balaban J connectivity index is 1.94. The van der Waals surface area contributed by atoms with E-state index in [1.165, 1.54) is 16.7 Å². The quantitative estimate of drug-likeness (QED) is 0.695. The summed E-state index contributed by atoms with van der Waals surface area (Å²) in [7, 11) is -3.42. The molecule has 0 N–H and O–H groups in total. The summed E-state index contributed by atoms with van der Waals surface area (Å²) in [5.41, 5.74) is -0.560. The van der Waals surface area contributed by atoms with Crippen molar-refractivity contribution in [3.63, 3.8) is 0 Å². The Morgan fingerprint density at radius 2 is 1.75 bits per heavy atom. The third-order valence-electron chi connectivity index (χ3n) is 4.35. The highest BCUT2D eigenvalue weighted by Crippen LogP contribution is 2.28. The van der Waals surface area contributed by atoms with E-state index in [1.54, 1.807) is 0 Å². The van der Waals surface area contributed by atoms with Crippen LogP contribution in [0, 0.1) is 11.6 Å². The molecule has 130 valence electrons. The zero-order valence-corrected chi connectivity index (χ0v) is 13.6. The molecule has 24 heavy (non-hydrogen) atoms. The Morgan fingerprint density at radius 3 is 2.33 bits per heavy atom. The molecule has 2 atom stereocenters. The Hall–Kier alpha value is -2.10. The highest BCUT2D eigenvalue weighted by molar-refractivity contribution is 7.91. The first-order chi connectivity index (χ1) is 11.2. The molecule has 0 aromatic carbocycles. The van der Waals surface area contributed by atoms with Gasteiger partial charge in [-0.1, -0.05) is 0 Å². The van der Waals surface area contributed by atoms with Gasteiger partial charge in [0, 0.05) is 26.1 Å². The van der Waals surface area contributed by atoms with Gasteiger partial charge in [0.1, 0.15) is 5.82 Å². The van der Waals surface area contributed by atoms with Crippen LogP contribution in [0.4, 0.5) is 8.78 Å². The number of sulfone groups is 1. The van der Waals surface area contributed by atoms with Crippen molar-refractivity contribution in [3.05, 3.63) is 29.6 Å². The van der Waals surface area contributed by atoms with Crippen LogP contribution in [0.2, 0.25) is 0 Å². The number of aromatic nitrogens is 1. The molecule has 2 amide bonds. The maximum absolute atomic E-state index is 13.8. The van der Waals surface area contributed by atoms with Gasteiger partial charge < -0.3 is 9.80 Å². The minimum Gasteiger partial charge on any atom is -0.335 e. The largest absolute Gasteiger partial charge is 0.335 e. The Kier molecular flexibility index (Phi) is 4.02. The first-order valence-electron chi connectivity index (χ1n) is 7.29. The molecular weight excluding hydrogens is 344 g/mol. The fraction of sp³-hybridized carbons (Fsp3) is 0.500. The van der Waals surface area contributed by atoms with E-state index in [-0.39, 0.29) is 30.5 Å². The zero-order valence-electron chi connectivity index (χ0n) is 12.8. The highest BCUT2D eigenvalue weighted by Gasteiger charge is 2.49. The topological polar surface area (TPSA) is 87.7 Å². The summed E-state index contributed by atoms with van der Waals surface area (Å²) < 4.78 is 50.7. The van der Waals surface area contributed by atoms with Crippen LogP contribution in [0.5, 0.6) is 0 Å². The second-order valence-electron chi connectivity index (χ2n) is 5.91. The fourth-order valence-electron chi connectivity index (χ4n) is 3.30. The van der Waals surface area contributed by atoms with Gasteiger partial charge in [-0.25, -0.2) is 22.2 Å². The number of amides is 2. The molecule has 0 bridgehead atoms. The van der Waals surface area contributed by atoms with Gasteiger partial charge >= 0.3 is 0 Å². The lowest BCUT2D eigenvalue weighted by molar-refractivity contribution is -0.133. The number of rotatable bonds is 1. The number of hydrogen-bond donors (Lipinski definition) is 0. The molecule has 7 nitrogen and oxygen atoms in total. The SMILES string of the molecule is CC(=O)N1CCN(C(=O)c2ncc(F)cc2F)[C@H]2CS(=O)(=O)C[C@H]21. The van der Waals surface area contributed by atoms with E-state index in [1.807, 2.05) is 0 Å². The minimum absolute atomic E-state index is 0.0631. The maximum Gasteiger partial charge on any atom is 0.275 e.